The van der Waals surface area contributed by atoms with Gasteiger partial charge in [0.15, 0.2) is 0 Å². The van der Waals surface area contributed by atoms with Crippen LogP contribution in [0.25, 0.3) is 0 Å². The van der Waals surface area contributed by atoms with Crippen LogP contribution in [-0.2, 0) is 9.47 Å². The molecule has 0 N–H and O–H groups in total. The number of benzene rings is 1. The van der Waals surface area contributed by atoms with Crippen LogP contribution in [0.2, 0.25) is 0 Å². The molecule has 4 heteroatoms. The van der Waals surface area contributed by atoms with Crippen LogP contribution in [0.5, 0.6) is 5.75 Å². The summed E-state index contributed by atoms with van der Waals surface area (Å²) in [6.45, 7) is 1.95. The molecule has 2 fully saturated rings. The highest BCUT2D eigenvalue weighted by molar-refractivity contribution is 9.10. The van der Waals surface area contributed by atoms with Gasteiger partial charge < -0.3 is 14.2 Å². The van der Waals surface area contributed by atoms with Crippen LogP contribution in [0, 0.1) is 5.92 Å². The van der Waals surface area contributed by atoms with Gasteiger partial charge >= 0.3 is 0 Å². The smallest absolute Gasteiger partial charge is 0.119 e. The summed E-state index contributed by atoms with van der Waals surface area (Å²) in [7, 11) is 0. The Morgan fingerprint density at radius 3 is 2.67 bits per heavy atom. The lowest BCUT2D eigenvalue weighted by Crippen LogP contribution is -2.40. The largest absolute Gasteiger partial charge is 0.491 e. The SMILES string of the molecule is Brc1ccc(OC[C@@H]2COCC(C3CC3)O2)cc1. The van der Waals surface area contributed by atoms with Gasteiger partial charge in [0.05, 0.1) is 19.3 Å². The molecule has 2 aliphatic rings. The minimum Gasteiger partial charge on any atom is -0.491 e. The molecule has 0 aromatic heterocycles. The molecule has 1 heterocycles. The number of hydrogen-bond acceptors (Lipinski definition) is 3. The van der Waals surface area contributed by atoms with Crippen LogP contribution in [0.3, 0.4) is 0 Å². The lowest BCUT2D eigenvalue weighted by atomic mass is 10.2. The quantitative estimate of drug-likeness (QED) is 0.855. The average molecular weight is 313 g/mol. The Balaban J connectivity index is 1.48. The third kappa shape index (κ3) is 3.25. The van der Waals surface area contributed by atoms with Crippen molar-refractivity contribution in [1.82, 2.24) is 0 Å². The van der Waals surface area contributed by atoms with Gasteiger partial charge in [-0.15, -0.1) is 0 Å². The van der Waals surface area contributed by atoms with E-state index in [1.165, 1.54) is 12.8 Å². The Bertz CT molecular complexity index is 389. The molecule has 1 saturated heterocycles. The van der Waals surface area contributed by atoms with Gasteiger partial charge in [-0.2, -0.15) is 0 Å². The zero-order chi connectivity index (χ0) is 12.4. The summed E-state index contributed by atoms with van der Waals surface area (Å²) in [5.74, 6) is 1.59. The molecule has 98 valence electrons. The molecule has 1 aromatic carbocycles. The number of ether oxygens (including phenoxy) is 3. The molecular weight excluding hydrogens is 296 g/mol. The van der Waals surface area contributed by atoms with Crippen molar-refractivity contribution in [3.63, 3.8) is 0 Å². The molecular formula is C14H17BrO3. The van der Waals surface area contributed by atoms with Crippen molar-refractivity contribution >= 4 is 15.9 Å². The lowest BCUT2D eigenvalue weighted by Gasteiger charge is -2.30. The molecule has 1 aliphatic heterocycles. The summed E-state index contributed by atoms with van der Waals surface area (Å²) in [5, 5.41) is 0. The van der Waals surface area contributed by atoms with Gasteiger partial charge in [-0.1, -0.05) is 15.9 Å². The van der Waals surface area contributed by atoms with Crippen molar-refractivity contribution in [2.24, 2.45) is 5.92 Å². The minimum atomic E-state index is 0.0630. The normalized spacial score (nSPS) is 28.1. The zero-order valence-corrected chi connectivity index (χ0v) is 11.8. The van der Waals surface area contributed by atoms with E-state index in [0.717, 1.165) is 22.7 Å². The van der Waals surface area contributed by atoms with E-state index in [9.17, 15) is 0 Å². The van der Waals surface area contributed by atoms with Crippen LogP contribution < -0.4 is 4.74 Å². The Hall–Kier alpha value is -0.580. The van der Waals surface area contributed by atoms with Crippen LogP contribution >= 0.6 is 15.9 Å². The summed E-state index contributed by atoms with van der Waals surface area (Å²) in [6, 6.07) is 7.85. The topological polar surface area (TPSA) is 27.7 Å². The van der Waals surface area contributed by atoms with Crippen molar-refractivity contribution in [2.45, 2.75) is 25.0 Å². The predicted octanol–water partition coefficient (Wildman–Crippen LogP) is 3.02. The fraction of sp³-hybridized carbons (Fsp3) is 0.571. The molecule has 1 unspecified atom stereocenters. The first-order valence-corrected chi connectivity index (χ1v) is 7.22. The van der Waals surface area contributed by atoms with Gasteiger partial charge in [-0.3, -0.25) is 0 Å². The van der Waals surface area contributed by atoms with E-state index in [0.29, 0.717) is 13.2 Å². The van der Waals surface area contributed by atoms with Crippen LogP contribution in [0.4, 0.5) is 0 Å². The van der Waals surface area contributed by atoms with E-state index >= 15 is 0 Å². The maximum absolute atomic E-state index is 6.00. The van der Waals surface area contributed by atoms with Gasteiger partial charge in [0.1, 0.15) is 18.5 Å². The Morgan fingerprint density at radius 2 is 1.94 bits per heavy atom. The Labute approximate surface area is 116 Å². The van der Waals surface area contributed by atoms with Gasteiger partial charge in [0, 0.05) is 4.47 Å². The molecule has 3 nitrogen and oxygen atoms in total. The predicted molar refractivity (Wildman–Crippen MR) is 71.8 cm³/mol. The first-order valence-electron chi connectivity index (χ1n) is 6.43. The summed E-state index contributed by atoms with van der Waals surface area (Å²) in [4.78, 5) is 0. The number of rotatable bonds is 4. The molecule has 0 amide bonds. The number of halogens is 1. The van der Waals surface area contributed by atoms with Crippen molar-refractivity contribution in [3.05, 3.63) is 28.7 Å². The second-order valence-electron chi connectivity index (χ2n) is 4.94. The van der Waals surface area contributed by atoms with E-state index in [1.54, 1.807) is 0 Å². The minimum absolute atomic E-state index is 0.0630. The highest BCUT2D eigenvalue weighted by Gasteiger charge is 2.36. The molecule has 18 heavy (non-hydrogen) atoms. The van der Waals surface area contributed by atoms with Gasteiger partial charge in [-0.25, -0.2) is 0 Å². The highest BCUT2D eigenvalue weighted by Crippen LogP contribution is 2.36. The first-order chi connectivity index (χ1) is 8.81. The maximum Gasteiger partial charge on any atom is 0.119 e. The van der Waals surface area contributed by atoms with Crippen LogP contribution in [-0.4, -0.2) is 32.0 Å². The highest BCUT2D eigenvalue weighted by atomic mass is 79.9. The number of hydrogen-bond donors (Lipinski definition) is 0. The molecule has 1 aromatic rings. The second-order valence-corrected chi connectivity index (χ2v) is 5.85. The van der Waals surface area contributed by atoms with Gasteiger partial charge in [0.2, 0.25) is 0 Å². The van der Waals surface area contributed by atoms with Crippen molar-refractivity contribution in [2.75, 3.05) is 19.8 Å². The van der Waals surface area contributed by atoms with E-state index in [2.05, 4.69) is 15.9 Å². The molecule has 0 radical (unpaired) electrons. The van der Waals surface area contributed by atoms with Crippen LogP contribution in [0.1, 0.15) is 12.8 Å². The molecule has 2 atom stereocenters. The molecule has 0 bridgehead atoms. The second kappa shape index (κ2) is 5.59. The third-order valence-electron chi connectivity index (χ3n) is 3.35. The van der Waals surface area contributed by atoms with Gasteiger partial charge in [0.25, 0.3) is 0 Å². The van der Waals surface area contributed by atoms with E-state index in [1.807, 2.05) is 24.3 Å². The monoisotopic (exact) mass is 312 g/mol. The van der Waals surface area contributed by atoms with Crippen molar-refractivity contribution in [1.29, 1.82) is 0 Å². The van der Waals surface area contributed by atoms with E-state index in [4.69, 9.17) is 14.2 Å². The molecule has 1 saturated carbocycles. The average Bonchev–Trinajstić information content (AvgIpc) is 3.23. The van der Waals surface area contributed by atoms with Crippen molar-refractivity contribution < 1.29 is 14.2 Å². The summed E-state index contributed by atoms with van der Waals surface area (Å²) < 4.78 is 18.4. The van der Waals surface area contributed by atoms with E-state index < -0.39 is 0 Å². The summed E-state index contributed by atoms with van der Waals surface area (Å²) >= 11 is 3.40. The third-order valence-corrected chi connectivity index (χ3v) is 3.88. The van der Waals surface area contributed by atoms with E-state index in [-0.39, 0.29) is 12.2 Å². The fourth-order valence-corrected chi connectivity index (χ4v) is 2.43. The Morgan fingerprint density at radius 1 is 1.17 bits per heavy atom. The molecule has 3 rings (SSSR count). The molecule has 1 aliphatic carbocycles. The summed E-state index contributed by atoms with van der Waals surface area (Å²) in [6.07, 6.45) is 2.92. The fourth-order valence-electron chi connectivity index (χ4n) is 2.16. The zero-order valence-electron chi connectivity index (χ0n) is 10.2. The molecule has 0 spiro atoms. The maximum atomic E-state index is 6.00. The van der Waals surface area contributed by atoms with Crippen molar-refractivity contribution in [3.8, 4) is 5.75 Å². The summed E-state index contributed by atoms with van der Waals surface area (Å²) in [5.41, 5.74) is 0. The Kier molecular flexibility index (Phi) is 3.87. The first kappa shape index (κ1) is 12.5. The van der Waals surface area contributed by atoms with Crippen LogP contribution in [0.15, 0.2) is 28.7 Å². The lowest BCUT2D eigenvalue weighted by molar-refractivity contribution is -0.154. The van der Waals surface area contributed by atoms with Gasteiger partial charge in [-0.05, 0) is 43.0 Å². The standard InChI is InChI=1S/C14H17BrO3/c15-11-3-5-12(6-4-11)17-8-13-7-16-9-14(18-13)10-1-2-10/h3-6,10,13-14H,1-2,7-9H2/t13-,14?/m0/s1.